The van der Waals surface area contributed by atoms with Crippen molar-refractivity contribution < 1.29 is 28.5 Å². The van der Waals surface area contributed by atoms with E-state index in [0.29, 0.717) is 0 Å². The van der Waals surface area contributed by atoms with E-state index in [4.69, 9.17) is 25.4 Å². The van der Waals surface area contributed by atoms with Crippen LogP contribution in [0.1, 0.15) is 25.6 Å². The molecular weight excluding hydrogens is 348 g/mol. The van der Waals surface area contributed by atoms with Crippen LogP contribution in [0.5, 0.6) is 0 Å². The third-order valence-electron chi connectivity index (χ3n) is 4.18. The maximum atomic E-state index is 12.2. The number of aromatic amines is 1. The molecule has 0 unspecified atom stereocenters. The molecule has 1 aromatic rings. The van der Waals surface area contributed by atoms with Crippen molar-refractivity contribution in [3.63, 3.8) is 0 Å². The fraction of sp³-hybridized carbons (Fsp3) is 0.500. The maximum absolute atomic E-state index is 12.2. The molecule has 1 N–H and O–H groups in total. The number of nitrogens with one attached hydrogen (secondary N) is 1. The van der Waals surface area contributed by atoms with Crippen LogP contribution in [0.25, 0.3) is 0 Å². The van der Waals surface area contributed by atoms with Gasteiger partial charge in [0.1, 0.15) is 18.3 Å². The molecule has 26 heavy (non-hydrogen) atoms. The molecule has 0 aromatic carbocycles. The van der Waals surface area contributed by atoms with Crippen LogP contribution in [0.2, 0.25) is 0 Å². The van der Waals surface area contributed by atoms with Gasteiger partial charge in [0, 0.05) is 20.0 Å². The molecule has 1 aromatic heterocycles. The summed E-state index contributed by atoms with van der Waals surface area (Å²) in [6.45, 7) is 2.21. The number of hydrogen-bond donors (Lipinski definition) is 1. The molecule has 2 aliphatic rings. The Hall–Kier alpha value is -2.90. The molecule has 3 heterocycles. The van der Waals surface area contributed by atoms with E-state index in [0.717, 1.165) is 4.57 Å². The van der Waals surface area contributed by atoms with E-state index < -0.39 is 47.2 Å². The van der Waals surface area contributed by atoms with Crippen LogP contribution in [0.3, 0.4) is 0 Å². The molecule has 10 nitrogen and oxygen atoms in total. The Morgan fingerprint density at radius 3 is 2.77 bits per heavy atom. The second-order valence-corrected chi connectivity index (χ2v) is 6.01. The zero-order valence-corrected chi connectivity index (χ0v) is 14.0. The minimum absolute atomic E-state index is 0.000503. The monoisotopic (exact) mass is 364 g/mol. The van der Waals surface area contributed by atoms with E-state index in [-0.39, 0.29) is 18.8 Å². The van der Waals surface area contributed by atoms with Crippen LogP contribution >= 0.6 is 0 Å². The number of terminal acetylenes is 1. The van der Waals surface area contributed by atoms with Crippen LogP contribution in [0.15, 0.2) is 15.8 Å². The van der Waals surface area contributed by atoms with Crippen molar-refractivity contribution in [3.8, 4) is 12.3 Å². The number of aromatic nitrogens is 2. The fourth-order valence-electron chi connectivity index (χ4n) is 3.07. The number of fused-ring (bicyclic) bond motifs is 2. The first-order valence-electron chi connectivity index (χ1n) is 7.69. The Bertz CT molecular complexity index is 910. The highest BCUT2D eigenvalue weighted by Crippen LogP contribution is 2.46. The second-order valence-electron chi connectivity index (χ2n) is 6.01. The quantitative estimate of drug-likeness (QED) is 0.515. The van der Waals surface area contributed by atoms with Crippen LogP contribution in [0, 0.1) is 12.3 Å². The Kier molecular flexibility index (Phi) is 4.43. The summed E-state index contributed by atoms with van der Waals surface area (Å²) in [7, 11) is 0. The molecule has 0 aliphatic carbocycles. The average molecular weight is 364 g/mol. The normalized spacial score (nSPS) is 29.2. The van der Waals surface area contributed by atoms with E-state index in [1.165, 1.54) is 20.0 Å². The molecule has 2 aliphatic heterocycles. The largest absolute Gasteiger partial charge is 0.463 e. The number of carbonyl (C=O) groups excluding carboxylic acids is 2. The van der Waals surface area contributed by atoms with Crippen molar-refractivity contribution in [2.24, 2.45) is 0 Å². The predicted octanol–water partition coefficient (Wildman–Crippen LogP) is -1.32. The highest BCUT2D eigenvalue weighted by molar-refractivity contribution is 5.67. The topological polar surface area (TPSA) is 126 Å². The fourth-order valence-corrected chi connectivity index (χ4v) is 3.07. The smallest absolute Gasteiger partial charge is 0.330 e. The lowest BCUT2D eigenvalue weighted by atomic mass is 10.00. The van der Waals surface area contributed by atoms with Gasteiger partial charge >= 0.3 is 17.6 Å². The van der Waals surface area contributed by atoms with Gasteiger partial charge in [-0.2, -0.15) is 0 Å². The van der Waals surface area contributed by atoms with Gasteiger partial charge in [-0.3, -0.25) is 23.9 Å². The molecule has 2 saturated heterocycles. The second kappa shape index (κ2) is 6.44. The molecule has 138 valence electrons. The van der Waals surface area contributed by atoms with E-state index in [1.54, 1.807) is 0 Å². The van der Waals surface area contributed by atoms with E-state index in [1.807, 2.05) is 0 Å². The third-order valence-corrected chi connectivity index (χ3v) is 4.18. The molecule has 4 atom stereocenters. The molecule has 0 saturated carbocycles. The minimum Gasteiger partial charge on any atom is -0.463 e. The molecule has 0 radical (unpaired) electrons. The Morgan fingerprint density at radius 1 is 1.42 bits per heavy atom. The van der Waals surface area contributed by atoms with Gasteiger partial charge in [-0.1, -0.05) is 5.92 Å². The van der Waals surface area contributed by atoms with Gasteiger partial charge < -0.3 is 18.9 Å². The average Bonchev–Trinajstić information content (AvgIpc) is 3.05. The minimum atomic E-state index is -1.27. The van der Waals surface area contributed by atoms with Crippen molar-refractivity contribution in [1.82, 2.24) is 9.55 Å². The number of carbonyl (C=O) groups is 2. The molecule has 3 rings (SSSR count). The number of ether oxygens (including phenoxy) is 4. The third kappa shape index (κ3) is 2.91. The van der Waals surface area contributed by atoms with Crippen LogP contribution < -0.4 is 11.2 Å². The Labute approximate surface area is 147 Å². The van der Waals surface area contributed by atoms with Crippen LogP contribution in [0.4, 0.5) is 0 Å². The lowest BCUT2D eigenvalue weighted by molar-refractivity contribution is -0.198. The summed E-state index contributed by atoms with van der Waals surface area (Å²) in [5, 5.41) is 0. The van der Waals surface area contributed by atoms with Gasteiger partial charge in [0.05, 0.1) is 6.61 Å². The standard InChI is InChI=1S/C16H16N2O8/c1-4-10-5-18(15(22)17-13(10)21)14-11-12(25-9(3)20)16(26-14,7-24-11)6-23-8(2)19/h1,5,11-12,14H,6-7H2,2-3H3,(H,17,21,22)/t11-,12+,14-,16+/m1/s1. The first-order chi connectivity index (χ1) is 12.3. The highest BCUT2D eigenvalue weighted by atomic mass is 16.7. The van der Waals surface area contributed by atoms with E-state index >= 15 is 0 Å². The molecular formula is C16H16N2O8. The van der Waals surface area contributed by atoms with Crippen molar-refractivity contribution in [2.75, 3.05) is 13.2 Å². The summed E-state index contributed by atoms with van der Waals surface area (Å²) < 4.78 is 22.9. The molecule has 0 amide bonds. The van der Waals surface area contributed by atoms with Gasteiger partial charge in [-0.15, -0.1) is 6.42 Å². The summed E-state index contributed by atoms with van der Waals surface area (Å²) >= 11 is 0. The van der Waals surface area contributed by atoms with Gasteiger partial charge in [0.25, 0.3) is 5.56 Å². The van der Waals surface area contributed by atoms with Gasteiger partial charge in [0.2, 0.25) is 0 Å². The molecule has 2 fully saturated rings. The number of esters is 2. The van der Waals surface area contributed by atoms with Crippen molar-refractivity contribution in [1.29, 1.82) is 0 Å². The first kappa shape index (κ1) is 17.9. The van der Waals surface area contributed by atoms with Crippen molar-refractivity contribution in [2.45, 2.75) is 37.9 Å². The number of nitrogens with zero attached hydrogens (tertiary/aromatic N) is 1. The zero-order chi connectivity index (χ0) is 19.1. The van der Waals surface area contributed by atoms with Crippen LogP contribution in [-0.4, -0.2) is 52.5 Å². The zero-order valence-electron chi connectivity index (χ0n) is 14.0. The van der Waals surface area contributed by atoms with E-state index in [9.17, 15) is 19.2 Å². The SMILES string of the molecule is C#Cc1cn([C@@H]2O[C@@]3(COC(C)=O)CO[C@@H]2[C@@H]3OC(C)=O)c(=O)[nH]c1=O. The maximum Gasteiger partial charge on any atom is 0.330 e. The molecule has 10 heteroatoms. The molecule has 2 bridgehead atoms. The summed E-state index contributed by atoms with van der Waals surface area (Å²) in [4.78, 5) is 48.6. The number of hydrogen-bond acceptors (Lipinski definition) is 8. The van der Waals surface area contributed by atoms with Gasteiger partial charge in [0.15, 0.2) is 17.9 Å². The summed E-state index contributed by atoms with van der Waals surface area (Å²) in [6, 6.07) is 0. The lowest BCUT2D eigenvalue weighted by Gasteiger charge is -2.30. The highest BCUT2D eigenvalue weighted by Gasteiger charge is 2.65. The van der Waals surface area contributed by atoms with Crippen LogP contribution in [-0.2, 0) is 28.5 Å². The number of rotatable bonds is 4. The lowest BCUT2D eigenvalue weighted by Crippen LogP contribution is -2.47. The van der Waals surface area contributed by atoms with Gasteiger partial charge in [-0.05, 0) is 0 Å². The Morgan fingerprint density at radius 2 is 2.15 bits per heavy atom. The van der Waals surface area contributed by atoms with Crippen molar-refractivity contribution >= 4 is 11.9 Å². The summed E-state index contributed by atoms with van der Waals surface area (Å²) in [5.41, 5.74) is -2.81. The van der Waals surface area contributed by atoms with Crippen molar-refractivity contribution in [3.05, 3.63) is 32.6 Å². The summed E-state index contributed by atoms with van der Waals surface area (Å²) in [6.07, 6.45) is 3.65. The van der Waals surface area contributed by atoms with Gasteiger partial charge in [-0.25, -0.2) is 4.79 Å². The number of H-pyrrole nitrogens is 1. The first-order valence-corrected chi connectivity index (χ1v) is 7.69. The predicted molar refractivity (Wildman–Crippen MR) is 84.0 cm³/mol. The summed E-state index contributed by atoms with van der Waals surface area (Å²) in [5.74, 6) is 1.04. The Balaban J connectivity index is 2.00. The molecule has 0 spiro atoms. The van der Waals surface area contributed by atoms with E-state index in [2.05, 4.69) is 10.9 Å².